The van der Waals surface area contributed by atoms with Gasteiger partial charge in [0.15, 0.2) is 5.96 Å². The third-order valence-corrected chi connectivity index (χ3v) is 6.81. The number of rotatable bonds is 9. The number of aliphatic imine (C=N–C) groups is 1. The second-order valence-electron chi connectivity index (χ2n) is 6.69. The highest BCUT2D eigenvalue weighted by atomic mass is 127. The fourth-order valence-electron chi connectivity index (χ4n) is 3.08. The minimum atomic E-state index is 0. The maximum atomic E-state index is 5.56. The van der Waals surface area contributed by atoms with Gasteiger partial charge in [-0.3, -0.25) is 4.99 Å². The lowest BCUT2D eigenvalue weighted by Crippen LogP contribution is -2.42. The molecule has 1 atom stereocenters. The maximum Gasteiger partial charge on any atom is 0.191 e. The third kappa shape index (κ3) is 8.35. The number of nitrogens with zero attached hydrogens (tertiary/aromatic N) is 1. The van der Waals surface area contributed by atoms with Gasteiger partial charge in [0.1, 0.15) is 0 Å². The normalized spacial score (nSPS) is 18.0. The molecule has 1 saturated heterocycles. The summed E-state index contributed by atoms with van der Waals surface area (Å²) in [6.45, 7) is 11.1. The first-order chi connectivity index (χ1) is 12.2. The van der Waals surface area contributed by atoms with E-state index >= 15 is 0 Å². The molecular weight excluding hydrogens is 477 g/mol. The third-order valence-electron chi connectivity index (χ3n) is 4.47. The van der Waals surface area contributed by atoms with Gasteiger partial charge in [-0.15, -0.1) is 35.3 Å². The monoisotopic (exact) mass is 511 g/mol. The Bertz CT molecular complexity index is 499. The second kappa shape index (κ2) is 13.2. The van der Waals surface area contributed by atoms with Crippen LogP contribution in [-0.4, -0.2) is 49.3 Å². The molecule has 7 heteroatoms. The van der Waals surface area contributed by atoms with E-state index < -0.39 is 0 Å². The first-order valence-electron chi connectivity index (χ1n) is 9.43. The average Bonchev–Trinajstić information content (AvgIpc) is 3.11. The van der Waals surface area contributed by atoms with Crippen LogP contribution in [0, 0.1) is 5.92 Å². The molecular formula is C19H34IN3OS2. The Morgan fingerprint density at radius 3 is 2.73 bits per heavy atom. The molecule has 1 aromatic heterocycles. The first-order valence-corrected chi connectivity index (χ1v) is 11.3. The predicted molar refractivity (Wildman–Crippen MR) is 127 cm³/mol. The Morgan fingerprint density at radius 1 is 1.35 bits per heavy atom. The van der Waals surface area contributed by atoms with Crippen molar-refractivity contribution in [2.45, 2.75) is 44.8 Å². The SMILES string of the molecule is CCNC(=NCC1(SCC)CCOCC1)NCC(C)Cc1cccs1.I. The number of thioether (sulfide) groups is 1. The molecule has 4 nitrogen and oxygen atoms in total. The largest absolute Gasteiger partial charge is 0.381 e. The van der Waals surface area contributed by atoms with Crippen LogP contribution in [0.25, 0.3) is 0 Å². The summed E-state index contributed by atoms with van der Waals surface area (Å²) in [4.78, 5) is 6.37. The molecule has 0 amide bonds. The van der Waals surface area contributed by atoms with Crippen LogP contribution in [0.1, 0.15) is 38.5 Å². The van der Waals surface area contributed by atoms with E-state index in [9.17, 15) is 0 Å². The number of ether oxygens (including phenoxy) is 1. The summed E-state index contributed by atoms with van der Waals surface area (Å²) in [5, 5.41) is 9.08. The van der Waals surface area contributed by atoms with E-state index in [1.54, 1.807) is 0 Å². The molecule has 0 aromatic carbocycles. The van der Waals surface area contributed by atoms with Gasteiger partial charge in [-0.1, -0.05) is 19.9 Å². The van der Waals surface area contributed by atoms with E-state index in [0.29, 0.717) is 5.92 Å². The fraction of sp³-hybridized carbons (Fsp3) is 0.737. The first kappa shape index (κ1) is 24.0. The summed E-state index contributed by atoms with van der Waals surface area (Å²) in [5.41, 5.74) is 0. The Kier molecular flexibility index (Phi) is 12.2. The zero-order chi connectivity index (χ0) is 18.0. The van der Waals surface area contributed by atoms with Crippen LogP contribution in [0.2, 0.25) is 0 Å². The van der Waals surface area contributed by atoms with E-state index in [1.807, 2.05) is 23.1 Å². The summed E-state index contributed by atoms with van der Waals surface area (Å²) in [6, 6.07) is 4.35. The van der Waals surface area contributed by atoms with E-state index in [0.717, 1.165) is 63.8 Å². The van der Waals surface area contributed by atoms with Crippen molar-refractivity contribution in [3.63, 3.8) is 0 Å². The average molecular weight is 512 g/mol. The Hall–Kier alpha value is 0.01000. The van der Waals surface area contributed by atoms with Crippen molar-refractivity contribution in [2.24, 2.45) is 10.9 Å². The van der Waals surface area contributed by atoms with Crippen LogP contribution < -0.4 is 10.6 Å². The predicted octanol–water partition coefficient (Wildman–Crippen LogP) is 4.40. The molecule has 0 saturated carbocycles. The van der Waals surface area contributed by atoms with Crippen molar-refractivity contribution in [3.05, 3.63) is 22.4 Å². The minimum Gasteiger partial charge on any atom is -0.381 e. The lowest BCUT2D eigenvalue weighted by molar-refractivity contribution is 0.0793. The molecule has 2 rings (SSSR count). The van der Waals surface area contributed by atoms with Crippen LogP contribution in [0.4, 0.5) is 0 Å². The quantitative estimate of drug-likeness (QED) is 0.293. The molecule has 1 aromatic rings. The fourth-order valence-corrected chi connectivity index (χ4v) is 5.17. The van der Waals surface area contributed by atoms with Crippen LogP contribution in [0.15, 0.2) is 22.5 Å². The molecule has 1 aliphatic heterocycles. The van der Waals surface area contributed by atoms with Gasteiger partial charge in [0.25, 0.3) is 0 Å². The molecule has 1 aliphatic rings. The van der Waals surface area contributed by atoms with Gasteiger partial charge in [0, 0.05) is 35.9 Å². The van der Waals surface area contributed by atoms with Crippen LogP contribution in [0.3, 0.4) is 0 Å². The molecule has 0 bridgehead atoms. The summed E-state index contributed by atoms with van der Waals surface area (Å²) in [5.74, 6) is 2.67. The van der Waals surface area contributed by atoms with Crippen LogP contribution >= 0.6 is 47.1 Å². The van der Waals surface area contributed by atoms with Gasteiger partial charge in [-0.2, -0.15) is 11.8 Å². The lowest BCUT2D eigenvalue weighted by Gasteiger charge is -2.35. The van der Waals surface area contributed by atoms with Gasteiger partial charge in [0.2, 0.25) is 0 Å². The Morgan fingerprint density at radius 2 is 2.12 bits per heavy atom. The van der Waals surface area contributed by atoms with Gasteiger partial charge in [0.05, 0.1) is 6.54 Å². The molecule has 2 N–H and O–H groups in total. The topological polar surface area (TPSA) is 45.7 Å². The number of guanidine groups is 1. The van der Waals surface area contributed by atoms with E-state index in [-0.39, 0.29) is 28.7 Å². The molecule has 2 heterocycles. The number of thiophene rings is 1. The van der Waals surface area contributed by atoms with Crippen molar-refractivity contribution >= 4 is 53.0 Å². The Balaban J connectivity index is 0.00000338. The highest BCUT2D eigenvalue weighted by Gasteiger charge is 2.32. The van der Waals surface area contributed by atoms with Gasteiger partial charge in [-0.25, -0.2) is 0 Å². The summed E-state index contributed by atoms with van der Waals surface area (Å²) >= 11 is 3.89. The molecule has 1 fully saturated rings. The zero-order valence-corrected chi connectivity index (χ0v) is 20.2. The maximum absolute atomic E-state index is 5.56. The van der Waals surface area contributed by atoms with E-state index in [2.05, 4.69) is 48.9 Å². The lowest BCUT2D eigenvalue weighted by atomic mass is 9.99. The van der Waals surface area contributed by atoms with Crippen molar-refractivity contribution < 1.29 is 4.74 Å². The van der Waals surface area contributed by atoms with Crippen molar-refractivity contribution in [2.75, 3.05) is 38.6 Å². The van der Waals surface area contributed by atoms with Crippen LogP contribution in [-0.2, 0) is 11.2 Å². The Labute approximate surface area is 184 Å². The van der Waals surface area contributed by atoms with Gasteiger partial charge in [-0.05, 0) is 49.3 Å². The smallest absolute Gasteiger partial charge is 0.191 e. The summed E-state index contributed by atoms with van der Waals surface area (Å²) < 4.78 is 5.81. The molecule has 1 unspecified atom stereocenters. The number of halogens is 1. The highest BCUT2D eigenvalue weighted by molar-refractivity contribution is 14.0. The second-order valence-corrected chi connectivity index (χ2v) is 9.46. The van der Waals surface area contributed by atoms with Crippen molar-refractivity contribution in [1.29, 1.82) is 0 Å². The van der Waals surface area contributed by atoms with Gasteiger partial charge < -0.3 is 15.4 Å². The van der Waals surface area contributed by atoms with Crippen LogP contribution in [0.5, 0.6) is 0 Å². The molecule has 0 aliphatic carbocycles. The number of hydrogen-bond donors (Lipinski definition) is 2. The molecule has 26 heavy (non-hydrogen) atoms. The molecule has 0 spiro atoms. The summed E-state index contributed by atoms with van der Waals surface area (Å²) in [7, 11) is 0. The highest BCUT2D eigenvalue weighted by Crippen LogP contribution is 2.35. The number of hydrogen-bond acceptors (Lipinski definition) is 4. The zero-order valence-electron chi connectivity index (χ0n) is 16.3. The molecule has 0 radical (unpaired) electrons. The summed E-state index contributed by atoms with van der Waals surface area (Å²) in [6.07, 6.45) is 3.32. The minimum absolute atomic E-state index is 0. The number of nitrogens with one attached hydrogen (secondary N) is 2. The van der Waals surface area contributed by atoms with Crippen molar-refractivity contribution in [1.82, 2.24) is 10.6 Å². The van der Waals surface area contributed by atoms with Crippen molar-refractivity contribution in [3.8, 4) is 0 Å². The van der Waals surface area contributed by atoms with Gasteiger partial charge >= 0.3 is 0 Å². The molecule has 150 valence electrons. The van der Waals surface area contributed by atoms with E-state index in [4.69, 9.17) is 9.73 Å². The standard InChI is InChI=1S/C19H33N3OS2.HI/c1-4-20-18(21-14-16(3)13-17-7-6-12-24-17)22-15-19(25-5-2)8-10-23-11-9-19;/h6-7,12,16H,4-5,8-11,13-15H2,1-3H3,(H2,20,21,22);1H. The van der Waals surface area contributed by atoms with E-state index in [1.165, 1.54) is 4.88 Å².